The van der Waals surface area contributed by atoms with Crippen LogP contribution in [0.5, 0.6) is 0 Å². The molecule has 1 aliphatic rings. The quantitative estimate of drug-likeness (QED) is 0.831. The maximum absolute atomic E-state index is 12.7. The van der Waals surface area contributed by atoms with Crippen molar-refractivity contribution in [3.05, 3.63) is 42.2 Å². The first-order chi connectivity index (χ1) is 12.8. The lowest BCUT2D eigenvalue weighted by Crippen LogP contribution is -2.34. The van der Waals surface area contributed by atoms with Gasteiger partial charge < -0.3 is 15.5 Å². The van der Waals surface area contributed by atoms with Gasteiger partial charge in [0.05, 0.1) is 23.6 Å². The van der Waals surface area contributed by atoms with E-state index in [4.69, 9.17) is 0 Å². The topological polar surface area (TPSA) is 70.2 Å². The number of anilines is 3. The molecule has 0 aliphatic carbocycles. The fourth-order valence-corrected chi connectivity index (χ4v) is 2.82. The van der Waals surface area contributed by atoms with Gasteiger partial charge >= 0.3 is 12.2 Å². The van der Waals surface area contributed by atoms with E-state index in [1.54, 1.807) is 0 Å². The molecule has 9 heteroatoms. The fourth-order valence-electron chi connectivity index (χ4n) is 2.82. The Bertz CT molecular complexity index is 786. The minimum Gasteiger partial charge on any atom is -0.341 e. The SMILES string of the molecule is CC1CCN(c2ncc(NC(=O)Nc3cccc(C(F)(F)F)c3)cn2)CC1. The number of benzene rings is 1. The van der Waals surface area contributed by atoms with Gasteiger partial charge in [-0.2, -0.15) is 13.2 Å². The van der Waals surface area contributed by atoms with Gasteiger partial charge in [-0.25, -0.2) is 14.8 Å². The smallest absolute Gasteiger partial charge is 0.341 e. The Kier molecular flexibility index (Phi) is 5.48. The minimum atomic E-state index is -4.47. The summed E-state index contributed by atoms with van der Waals surface area (Å²) in [4.78, 5) is 22.6. The number of hydrogen-bond donors (Lipinski definition) is 2. The highest BCUT2D eigenvalue weighted by Gasteiger charge is 2.30. The zero-order chi connectivity index (χ0) is 19.4. The van der Waals surface area contributed by atoms with Crippen LogP contribution in [0.2, 0.25) is 0 Å². The summed E-state index contributed by atoms with van der Waals surface area (Å²) in [5.41, 5.74) is -0.431. The predicted octanol–water partition coefficient (Wildman–Crippen LogP) is 4.38. The second-order valence-electron chi connectivity index (χ2n) is 6.60. The van der Waals surface area contributed by atoms with Crippen LogP contribution in [0.3, 0.4) is 0 Å². The van der Waals surface area contributed by atoms with E-state index in [1.165, 1.54) is 24.5 Å². The van der Waals surface area contributed by atoms with Gasteiger partial charge in [0, 0.05) is 18.8 Å². The highest BCUT2D eigenvalue weighted by Crippen LogP contribution is 2.30. The van der Waals surface area contributed by atoms with Gasteiger partial charge in [-0.3, -0.25) is 0 Å². The molecule has 2 amide bonds. The van der Waals surface area contributed by atoms with Crippen molar-refractivity contribution in [1.29, 1.82) is 0 Å². The highest BCUT2D eigenvalue weighted by molar-refractivity contribution is 5.99. The van der Waals surface area contributed by atoms with E-state index in [0.717, 1.165) is 38.1 Å². The van der Waals surface area contributed by atoms with Crippen molar-refractivity contribution in [1.82, 2.24) is 9.97 Å². The Hall–Kier alpha value is -2.84. The van der Waals surface area contributed by atoms with E-state index in [9.17, 15) is 18.0 Å². The molecule has 0 unspecified atom stereocenters. The van der Waals surface area contributed by atoms with Crippen LogP contribution in [-0.4, -0.2) is 29.1 Å². The van der Waals surface area contributed by atoms with Gasteiger partial charge in [0.2, 0.25) is 5.95 Å². The number of urea groups is 1. The Morgan fingerprint density at radius 3 is 2.37 bits per heavy atom. The van der Waals surface area contributed by atoms with Gasteiger partial charge in [0.1, 0.15) is 0 Å². The van der Waals surface area contributed by atoms with Crippen molar-refractivity contribution in [3.8, 4) is 0 Å². The first kappa shape index (κ1) is 18.9. The van der Waals surface area contributed by atoms with E-state index >= 15 is 0 Å². The number of hydrogen-bond acceptors (Lipinski definition) is 4. The number of rotatable bonds is 3. The zero-order valence-corrected chi connectivity index (χ0v) is 14.8. The molecule has 2 N–H and O–H groups in total. The van der Waals surface area contributed by atoms with Gasteiger partial charge in [-0.1, -0.05) is 13.0 Å². The van der Waals surface area contributed by atoms with Crippen LogP contribution < -0.4 is 15.5 Å². The fraction of sp³-hybridized carbons (Fsp3) is 0.389. The predicted molar refractivity (Wildman–Crippen MR) is 96.7 cm³/mol. The molecule has 1 aliphatic heterocycles. The van der Waals surface area contributed by atoms with Crippen molar-refractivity contribution >= 4 is 23.4 Å². The molecule has 2 heterocycles. The Labute approximate surface area is 154 Å². The molecule has 1 fully saturated rings. The summed E-state index contributed by atoms with van der Waals surface area (Å²) in [6.45, 7) is 4.00. The molecule has 1 aromatic carbocycles. The molecule has 1 aromatic heterocycles. The molecular weight excluding hydrogens is 359 g/mol. The first-order valence-corrected chi connectivity index (χ1v) is 8.63. The molecule has 0 saturated carbocycles. The lowest BCUT2D eigenvalue weighted by Gasteiger charge is -2.30. The summed E-state index contributed by atoms with van der Waals surface area (Å²) in [7, 11) is 0. The standard InChI is InChI=1S/C18H20F3N5O/c1-12-5-7-26(8-6-12)16-22-10-15(11-23-16)25-17(27)24-14-4-2-3-13(9-14)18(19,20)21/h2-4,9-12H,5-8H2,1H3,(H2,24,25,27). The van der Waals surface area contributed by atoms with Crippen molar-refractivity contribution < 1.29 is 18.0 Å². The van der Waals surface area contributed by atoms with Crippen LogP contribution in [0.15, 0.2) is 36.7 Å². The van der Waals surface area contributed by atoms with E-state index in [0.29, 0.717) is 17.6 Å². The molecule has 0 bridgehead atoms. The van der Waals surface area contributed by atoms with Crippen LogP contribution in [0.4, 0.5) is 35.3 Å². The molecule has 2 aromatic rings. The second-order valence-corrected chi connectivity index (χ2v) is 6.60. The third-order valence-corrected chi connectivity index (χ3v) is 4.41. The van der Waals surface area contributed by atoms with Crippen molar-refractivity contribution in [3.63, 3.8) is 0 Å². The number of halogens is 3. The van der Waals surface area contributed by atoms with Crippen molar-refractivity contribution in [2.24, 2.45) is 5.92 Å². The zero-order valence-electron chi connectivity index (χ0n) is 14.8. The Morgan fingerprint density at radius 2 is 1.74 bits per heavy atom. The average molecular weight is 379 g/mol. The van der Waals surface area contributed by atoms with E-state index in [1.807, 2.05) is 0 Å². The monoisotopic (exact) mass is 379 g/mol. The summed E-state index contributed by atoms with van der Waals surface area (Å²) in [5, 5.41) is 4.88. The summed E-state index contributed by atoms with van der Waals surface area (Å²) in [5.74, 6) is 1.30. The van der Waals surface area contributed by atoms with Crippen LogP contribution in [0, 0.1) is 5.92 Å². The maximum atomic E-state index is 12.7. The third kappa shape index (κ3) is 5.08. The molecule has 27 heavy (non-hydrogen) atoms. The number of carbonyl (C=O) groups is 1. The van der Waals surface area contributed by atoms with Gasteiger partial charge in [-0.15, -0.1) is 0 Å². The number of amides is 2. The van der Waals surface area contributed by atoms with Crippen molar-refractivity contribution in [2.75, 3.05) is 28.6 Å². The minimum absolute atomic E-state index is 0.0438. The summed E-state index contributed by atoms with van der Waals surface area (Å²) < 4.78 is 38.1. The summed E-state index contributed by atoms with van der Waals surface area (Å²) in [6, 6.07) is 3.76. The van der Waals surface area contributed by atoms with Gasteiger partial charge in [0.25, 0.3) is 0 Å². The molecule has 0 atom stereocenters. The van der Waals surface area contributed by atoms with E-state index < -0.39 is 17.8 Å². The van der Waals surface area contributed by atoms with Crippen LogP contribution >= 0.6 is 0 Å². The number of nitrogens with zero attached hydrogens (tertiary/aromatic N) is 3. The summed E-state index contributed by atoms with van der Waals surface area (Å²) >= 11 is 0. The largest absolute Gasteiger partial charge is 0.416 e. The summed E-state index contributed by atoms with van der Waals surface area (Å²) in [6.07, 6.45) is 0.660. The van der Waals surface area contributed by atoms with E-state index in [2.05, 4.69) is 32.4 Å². The Morgan fingerprint density at radius 1 is 1.11 bits per heavy atom. The first-order valence-electron chi connectivity index (χ1n) is 8.63. The van der Waals surface area contributed by atoms with Crippen molar-refractivity contribution in [2.45, 2.75) is 25.9 Å². The molecule has 1 saturated heterocycles. The van der Waals surface area contributed by atoms with Crippen LogP contribution in [0.1, 0.15) is 25.3 Å². The van der Waals surface area contributed by atoms with Crippen LogP contribution in [0.25, 0.3) is 0 Å². The number of alkyl halides is 3. The molecule has 144 valence electrons. The van der Waals surface area contributed by atoms with Crippen LogP contribution in [-0.2, 0) is 6.18 Å². The van der Waals surface area contributed by atoms with Gasteiger partial charge in [0.15, 0.2) is 0 Å². The highest BCUT2D eigenvalue weighted by atomic mass is 19.4. The van der Waals surface area contributed by atoms with E-state index in [-0.39, 0.29) is 5.69 Å². The number of aromatic nitrogens is 2. The molecule has 0 spiro atoms. The number of piperidine rings is 1. The molecule has 0 radical (unpaired) electrons. The lowest BCUT2D eigenvalue weighted by molar-refractivity contribution is -0.137. The normalized spacial score (nSPS) is 15.5. The number of carbonyl (C=O) groups excluding carboxylic acids is 1. The number of nitrogens with one attached hydrogen (secondary N) is 2. The average Bonchev–Trinajstić information content (AvgIpc) is 2.62. The second kappa shape index (κ2) is 7.81. The lowest BCUT2D eigenvalue weighted by atomic mass is 10.00. The molecule has 3 rings (SSSR count). The molecular formula is C18H20F3N5O. The Balaban J connectivity index is 1.58. The third-order valence-electron chi connectivity index (χ3n) is 4.41. The molecule has 6 nitrogen and oxygen atoms in total. The van der Waals surface area contributed by atoms with Gasteiger partial charge in [-0.05, 0) is 37.0 Å². The maximum Gasteiger partial charge on any atom is 0.416 e.